The Labute approximate surface area is 145 Å². The van der Waals surface area contributed by atoms with Crippen LogP contribution in [0.3, 0.4) is 0 Å². The molecule has 0 aliphatic heterocycles. The molecule has 2 rings (SSSR count). The van der Waals surface area contributed by atoms with Gasteiger partial charge in [-0.1, -0.05) is 13.8 Å². The Morgan fingerprint density at radius 3 is 2.20 bits per heavy atom. The minimum atomic E-state index is -1.11. The molecule has 7 nitrogen and oxygen atoms in total. The Hall–Kier alpha value is -3.09. The second-order valence-electron chi connectivity index (χ2n) is 5.92. The fourth-order valence-corrected chi connectivity index (χ4v) is 2.20. The monoisotopic (exact) mass is 344 g/mol. The third kappa shape index (κ3) is 4.47. The summed E-state index contributed by atoms with van der Waals surface area (Å²) in [5.74, 6) is -1.22. The van der Waals surface area contributed by atoms with Crippen LogP contribution in [0.2, 0.25) is 0 Å². The molecule has 7 heteroatoms. The molecular weight excluding hydrogens is 324 g/mol. The van der Waals surface area contributed by atoms with E-state index in [2.05, 4.69) is 10.6 Å². The van der Waals surface area contributed by atoms with Crippen molar-refractivity contribution >= 4 is 23.5 Å². The summed E-state index contributed by atoms with van der Waals surface area (Å²) in [7, 11) is 0. The Bertz CT molecular complexity index is 777. The SMILES string of the molecule is CC(C)c1occc1C(=O)Nc1ccc(C(=O)N[C@H](C)C(=O)O)cc1. The van der Waals surface area contributed by atoms with Gasteiger partial charge >= 0.3 is 5.97 Å². The van der Waals surface area contributed by atoms with E-state index in [1.165, 1.54) is 25.3 Å². The van der Waals surface area contributed by atoms with Crippen molar-refractivity contribution in [3.8, 4) is 0 Å². The average Bonchev–Trinajstić information content (AvgIpc) is 3.05. The van der Waals surface area contributed by atoms with Crippen molar-refractivity contribution in [1.29, 1.82) is 0 Å². The molecule has 0 unspecified atom stereocenters. The third-order valence-corrected chi connectivity index (χ3v) is 3.59. The Balaban J connectivity index is 2.05. The van der Waals surface area contributed by atoms with Crippen LogP contribution in [0.1, 0.15) is 53.2 Å². The predicted octanol–water partition coefficient (Wildman–Crippen LogP) is 2.86. The summed E-state index contributed by atoms with van der Waals surface area (Å²) in [6.45, 7) is 5.24. The van der Waals surface area contributed by atoms with Gasteiger partial charge in [0.15, 0.2) is 0 Å². The summed E-state index contributed by atoms with van der Waals surface area (Å²) in [4.78, 5) is 35.0. The number of aliphatic carboxylic acids is 1. The molecule has 1 aromatic heterocycles. The van der Waals surface area contributed by atoms with E-state index in [4.69, 9.17) is 9.52 Å². The van der Waals surface area contributed by atoms with Crippen LogP contribution in [-0.4, -0.2) is 28.9 Å². The maximum Gasteiger partial charge on any atom is 0.325 e. The molecule has 0 aliphatic rings. The van der Waals surface area contributed by atoms with Crippen LogP contribution in [0, 0.1) is 0 Å². The van der Waals surface area contributed by atoms with Gasteiger partial charge in [0.05, 0.1) is 11.8 Å². The number of furan rings is 1. The number of hydrogen-bond acceptors (Lipinski definition) is 4. The topological polar surface area (TPSA) is 109 Å². The van der Waals surface area contributed by atoms with Crippen LogP contribution in [0.5, 0.6) is 0 Å². The second kappa shape index (κ2) is 7.65. The zero-order valence-electron chi connectivity index (χ0n) is 14.2. The minimum absolute atomic E-state index is 0.0815. The van der Waals surface area contributed by atoms with E-state index in [0.717, 1.165) is 0 Å². The van der Waals surface area contributed by atoms with Crippen LogP contribution < -0.4 is 10.6 Å². The maximum absolute atomic E-state index is 12.3. The van der Waals surface area contributed by atoms with E-state index in [1.54, 1.807) is 18.2 Å². The lowest BCUT2D eigenvalue weighted by Crippen LogP contribution is -2.38. The fraction of sp³-hybridized carbons (Fsp3) is 0.278. The van der Waals surface area contributed by atoms with Gasteiger partial charge in [0.1, 0.15) is 11.8 Å². The highest BCUT2D eigenvalue weighted by molar-refractivity contribution is 6.05. The van der Waals surface area contributed by atoms with Gasteiger partial charge in [0.25, 0.3) is 11.8 Å². The maximum atomic E-state index is 12.3. The van der Waals surface area contributed by atoms with E-state index in [1.807, 2.05) is 13.8 Å². The number of benzene rings is 1. The molecule has 0 aliphatic carbocycles. The number of carboxylic acids is 1. The standard InChI is InChI=1S/C18H20N2O5/c1-10(2)15-14(8-9-25-15)17(22)20-13-6-4-12(5-7-13)16(21)19-11(3)18(23)24/h4-11H,1-3H3,(H,19,21)(H,20,22)(H,23,24)/t11-/m1/s1. The number of amides is 2. The highest BCUT2D eigenvalue weighted by atomic mass is 16.4. The molecule has 0 spiro atoms. The number of carbonyl (C=O) groups is 3. The number of rotatable bonds is 6. The molecule has 0 fully saturated rings. The van der Waals surface area contributed by atoms with Gasteiger partial charge in [-0.25, -0.2) is 0 Å². The average molecular weight is 344 g/mol. The largest absolute Gasteiger partial charge is 0.480 e. The van der Waals surface area contributed by atoms with Gasteiger partial charge < -0.3 is 20.2 Å². The summed E-state index contributed by atoms with van der Waals surface area (Å²) in [5.41, 5.74) is 1.29. The van der Waals surface area contributed by atoms with E-state index in [9.17, 15) is 14.4 Å². The lowest BCUT2D eigenvalue weighted by atomic mass is 10.1. The van der Waals surface area contributed by atoms with Gasteiger partial charge in [-0.05, 0) is 37.3 Å². The van der Waals surface area contributed by atoms with Gasteiger partial charge in [-0.3, -0.25) is 14.4 Å². The normalized spacial score (nSPS) is 11.8. The van der Waals surface area contributed by atoms with Crippen molar-refractivity contribution in [2.24, 2.45) is 0 Å². The molecule has 132 valence electrons. The third-order valence-electron chi connectivity index (χ3n) is 3.59. The highest BCUT2D eigenvalue weighted by Crippen LogP contribution is 2.21. The Kier molecular flexibility index (Phi) is 5.59. The van der Waals surface area contributed by atoms with E-state index in [-0.39, 0.29) is 11.8 Å². The molecule has 3 N–H and O–H groups in total. The quantitative estimate of drug-likeness (QED) is 0.746. The lowest BCUT2D eigenvalue weighted by molar-refractivity contribution is -0.138. The van der Waals surface area contributed by atoms with Crippen LogP contribution >= 0.6 is 0 Å². The molecule has 1 heterocycles. The molecule has 2 aromatic rings. The zero-order valence-corrected chi connectivity index (χ0v) is 14.2. The minimum Gasteiger partial charge on any atom is -0.480 e. The summed E-state index contributed by atoms with van der Waals surface area (Å²) < 4.78 is 5.33. The first-order valence-corrected chi connectivity index (χ1v) is 7.82. The molecule has 2 amide bonds. The molecule has 0 bridgehead atoms. The van der Waals surface area contributed by atoms with Crippen LogP contribution in [-0.2, 0) is 4.79 Å². The van der Waals surface area contributed by atoms with Crippen molar-refractivity contribution in [3.05, 3.63) is 53.5 Å². The van der Waals surface area contributed by atoms with Crippen molar-refractivity contribution in [1.82, 2.24) is 5.32 Å². The van der Waals surface area contributed by atoms with E-state index in [0.29, 0.717) is 22.6 Å². The van der Waals surface area contributed by atoms with Crippen LogP contribution in [0.15, 0.2) is 41.0 Å². The second-order valence-corrected chi connectivity index (χ2v) is 5.92. The summed E-state index contributed by atoms with van der Waals surface area (Å²) >= 11 is 0. The van der Waals surface area contributed by atoms with Gasteiger partial charge in [0.2, 0.25) is 0 Å². The van der Waals surface area contributed by atoms with E-state index >= 15 is 0 Å². The van der Waals surface area contributed by atoms with Crippen LogP contribution in [0.25, 0.3) is 0 Å². The smallest absolute Gasteiger partial charge is 0.325 e. The molecule has 25 heavy (non-hydrogen) atoms. The van der Waals surface area contributed by atoms with Gasteiger partial charge in [-0.2, -0.15) is 0 Å². The first kappa shape index (κ1) is 18.3. The molecule has 0 saturated carbocycles. The first-order valence-electron chi connectivity index (χ1n) is 7.82. The molecule has 0 radical (unpaired) electrons. The Morgan fingerprint density at radius 2 is 1.64 bits per heavy atom. The number of anilines is 1. The van der Waals surface area contributed by atoms with Crippen molar-refractivity contribution < 1.29 is 23.9 Å². The van der Waals surface area contributed by atoms with Gasteiger partial charge in [0, 0.05) is 17.2 Å². The van der Waals surface area contributed by atoms with Crippen molar-refractivity contribution in [3.63, 3.8) is 0 Å². The number of carboxylic acid groups (broad SMARTS) is 1. The summed E-state index contributed by atoms with van der Waals surface area (Å²) in [5, 5.41) is 13.9. The fourth-order valence-electron chi connectivity index (χ4n) is 2.20. The predicted molar refractivity (Wildman–Crippen MR) is 91.8 cm³/mol. The van der Waals surface area contributed by atoms with Crippen LogP contribution in [0.4, 0.5) is 5.69 Å². The Morgan fingerprint density at radius 1 is 1.00 bits per heavy atom. The van der Waals surface area contributed by atoms with E-state index < -0.39 is 17.9 Å². The highest BCUT2D eigenvalue weighted by Gasteiger charge is 2.18. The molecule has 1 atom stereocenters. The number of hydrogen-bond donors (Lipinski definition) is 3. The summed E-state index contributed by atoms with van der Waals surface area (Å²) in [6, 6.07) is 6.80. The molecule has 0 saturated heterocycles. The lowest BCUT2D eigenvalue weighted by Gasteiger charge is -2.10. The van der Waals surface area contributed by atoms with Crippen molar-refractivity contribution in [2.75, 3.05) is 5.32 Å². The summed E-state index contributed by atoms with van der Waals surface area (Å²) in [6.07, 6.45) is 1.47. The number of nitrogens with one attached hydrogen (secondary N) is 2. The number of carbonyl (C=O) groups excluding carboxylic acids is 2. The first-order chi connectivity index (χ1) is 11.8. The molecular formula is C18H20N2O5. The van der Waals surface area contributed by atoms with Gasteiger partial charge in [-0.15, -0.1) is 0 Å². The zero-order chi connectivity index (χ0) is 18.6. The van der Waals surface area contributed by atoms with Crippen molar-refractivity contribution in [2.45, 2.75) is 32.7 Å². The molecule has 1 aromatic carbocycles.